The van der Waals surface area contributed by atoms with Crippen LogP contribution in [0.15, 0.2) is 84.9 Å². The van der Waals surface area contributed by atoms with Gasteiger partial charge in [-0.1, -0.05) is 85.8 Å². The van der Waals surface area contributed by atoms with Crippen molar-refractivity contribution in [1.29, 1.82) is 0 Å². The van der Waals surface area contributed by atoms with Crippen LogP contribution in [-0.4, -0.2) is 71.8 Å². The number of carbonyl (C=O) groups excluding carboxylic acids is 3. The van der Waals surface area contributed by atoms with Crippen molar-refractivity contribution in [3.8, 4) is 11.1 Å². The van der Waals surface area contributed by atoms with Crippen LogP contribution in [0.5, 0.6) is 0 Å². The van der Waals surface area contributed by atoms with Crippen LogP contribution in [0.25, 0.3) is 11.1 Å². The number of anilines is 1. The van der Waals surface area contributed by atoms with Crippen molar-refractivity contribution in [2.75, 3.05) is 37.6 Å². The third-order valence-electron chi connectivity index (χ3n) is 8.52. The fourth-order valence-corrected chi connectivity index (χ4v) is 6.27. The topological polar surface area (TPSA) is 73.0 Å². The Labute approximate surface area is 243 Å². The first-order valence-corrected chi connectivity index (χ1v) is 14.7. The fraction of sp³-hybridized carbons (Fsp3) is 0.382. The third-order valence-corrected chi connectivity index (χ3v) is 8.52. The number of amides is 3. The van der Waals surface area contributed by atoms with Crippen molar-refractivity contribution in [1.82, 2.24) is 15.1 Å². The highest BCUT2D eigenvalue weighted by molar-refractivity contribution is 6.02. The molecule has 3 amide bonds. The molecule has 0 aliphatic carbocycles. The number of hydrogen-bond acceptors (Lipinski definition) is 4. The Morgan fingerprint density at radius 3 is 2.20 bits per heavy atom. The maximum atomic E-state index is 14.0. The van der Waals surface area contributed by atoms with Crippen LogP contribution >= 0.6 is 0 Å². The fourth-order valence-electron chi connectivity index (χ4n) is 6.27. The molecule has 214 valence electrons. The van der Waals surface area contributed by atoms with Gasteiger partial charge in [-0.2, -0.15) is 0 Å². The van der Waals surface area contributed by atoms with Gasteiger partial charge in [0.25, 0.3) is 0 Å². The molecule has 2 heterocycles. The van der Waals surface area contributed by atoms with Gasteiger partial charge in [-0.05, 0) is 42.9 Å². The molecule has 2 saturated heterocycles. The molecule has 2 aliphatic heterocycles. The smallest absolute Gasteiger partial charge is 0.247 e. The Bertz CT molecular complexity index is 1350. The molecular weight excluding hydrogens is 512 g/mol. The molecule has 0 aromatic heterocycles. The summed E-state index contributed by atoms with van der Waals surface area (Å²) in [6.07, 6.45) is 2.95. The maximum absolute atomic E-state index is 14.0. The number of nitrogens with one attached hydrogen (secondary N) is 1. The summed E-state index contributed by atoms with van der Waals surface area (Å²) in [6.45, 7) is 6.62. The monoisotopic (exact) mass is 552 g/mol. The molecule has 0 saturated carbocycles. The maximum Gasteiger partial charge on any atom is 0.247 e. The Hall–Kier alpha value is -3.97. The van der Waals surface area contributed by atoms with Crippen molar-refractivity contribution in [2.24, 2.45) is 0 Å². The van der Waals surface area contributed by atoms with E-state index in [1.165, 1.54) is 12.5 Å². The van der Waals surface area contributed by atoms with Crippen LogP contribution in [0.2, 0.25) is 0 Å². The van der Waals surface area contributed by atoms with E-state index in [1.807, 2.05) is 72.5 Å². The molecule has 5 rings (SSSR count). The van der Waals surface area contributed by atoms with Crippen molar-refractivity contribution in [3.63, 3.8) is 0 Å². The van der Waals surface area contributed by atoms with Crippen LogP contribution in [0.4, 0.5) is 5.69 Å². The second-order valence-electron chi connectivity index (χ2n) is 11.1. The number of carbonyl (C=O) groups is 3. The Balaban J connectivity index is 1.33. The number of rotatable bonds is 9. The van der Waals surface area contributed by atoms with Gasteiger partial charge in [-0.25, -0.2) is 0 Å². The largest absolute Gasteiger partial charge is 0.341 e. The minimum atomic E-state index is -0.837. The lowest BCUT2D eigenvalue weighted by Crippen LogP contribution is -2.74. The number of piperazine rings is 1. The van der Waals surface area contributed by atoms with E-state index in [2.05, 4.69) is 34.5 Å². The quantitative estimate of drug-likeness (QED) is 0.424. The summed E-state index contributed by atoms with van der Waals surface area (Å²) in [6, 6.07) is 27.2. The van der Waals surface area contributed by atoms with Crippen LogP contribution in [0, 0.1) is 0 Å². The predicted molar refractivity (Wildman–Crippen MR) is 162 cm³/mol. The lowest BCUT2D eigenvalue weighted by Gasteiger charge is -2.52. The molecule has 1 N–H and O–H groups in total. The molecule has 3 aromatic rings. The molecule has 1 atom stereocenters. The van der Waals surface area contributed by atoms with Crippen LogP contribution in [-0.2, 0) is 20.8 Å². The van der Waals surface area contributed by atoms with Gasteiger partial charge in [0.1, 0.15) is 11.6 Å². The van der Waals surface area contributed by atoms with Gasteiger partial charge in [-0.3, -0.25) is 14.4 Å². The van der Waals surface area contributed by atoms with E-state index in [0.717, 1.165) is 49.3 Å². The van der Waals surface area contributed by atoms with Crippen LogP contribution < -0.4 is 10.2 Å². The van der Waals surface area contributed by atoms with Crippen molar-refractivity contribution in [3.05, 3.63) is 90.5 Å². The first-order valence-electron chi connectivity index (χ1n) is 14.7. The first-order chi connectivity index (χ1) is 19.9. The number of likely N-dealkylation sites (tertiary alicyclic amines) is 1. The SMILES string of the molecule is CCCN1C(=O)[C@H](CN(C(C)=O)c2ccccc2-c2ccccc2)NC(=O)C12CCN(CCc1ccccc1)CC2. The molecule has 2 aliphatic rings. The molecule has 0 unspecified atom stereocenters. The summed E-state index contributed by atoms with van der Waals surface area (Å²) < 4.78 is 0. The first kappa shape index (κ1) is 28.6. The highest BCUT2D eigenvalue weighted by Gasteiger charge is 2.53. The highest BCUT2D eigenvalue weighted by Crippen LogP contribution is 2.35. The number of piperidine rings is 1. The zero-order valence-corrected chi connectivity index (χ0v) is 24.1. The van der Waals surface area contributed by atoms with Gasteiger partial charge >= 0.3 is 0 Å². The summed E-state index contributed by atoms with van der Waals surface area (Å²) in [5, 5.41) is 3.06. The van der Waals surface area contributed by atoms with E-state index in [4.69, 9.17) is 0 Å². The lowest BCUT2D eigenvalue weighted by atomic mass is 9.81. The zero-order valence-electron chi connectivity index (χ0n) is 24.1. The normalized spacial score (nSPS) is 18.8. The summed E-state index contributed by atoms with van der Waals surface area (Å²) in [4.78, 5) is 46.7. The average molecular weight is 553 g/mol. The number of benzene rings is 3. The van der Waals surface area contributed by atoms with E-state index in [1.54, 1.807) is 4.90 Å². The Morgan fingerprint density at radius 1 is 0.902 bits per heavy atom. The van der Waals surface area contributed by atoms with Gasteiger partial charge in [0.05, 0.1) is 12.2 Å². The summed E-state index contributed by atoms with van der Waals surface area (Å²) >= 11 is 0. The average Bonchev–Trinajstić information content (AvgIpc) is 3.01. The highest BCUT2D eigenvalue weighted by atomic mass is 16.2. The number of para-hydroxylation sites is 1. The van der Waals surface area contributed by atoms with Gasteiger partial charge < -0.3 is 20.0 Å². The van der Waals surface area contributed by atoms with Crippen LogP contribution in [0.3, 0.4) is 0 Å². The molecule has 1 spiro atoms. The predicted octanol–water partition coefficient (Wildman–Crippen LogP) is 4.52. The standard InChI is InChI=1S/C34H40N4O3/c1-3-21-38-32(40)30(25-37(26(2)39)31-17-11-10-16-29(31)28-14-8-5-9-15-28)35-33(41)34(38)19-23-36(24-20-34)22-18-27-12-6-4-7-13-27/h4-17,30H,3,18-25H2,1-2H3,(H,35,41)/t30-/m0/s1. The van der Waals surface area contributed by atoms with Crippen molar-refractivity contribution in [2.45, 2.75) is 51.1 Å². The number of hydrogen-bond donors (Lipinski definition) is 1. The second kappa shape index (κ2) is 12.7. The molecule has 3 aromatic carbocycles. The van der Waals surface area contributed by atoms with E-state index in [0.29, 0.717) is 19.4 Å². The van der Waals surface area contributed by atoms with Gasteiger partial charge in [0, 0.05) is 38.7 Å². The molecule has 2 fully saturated rings. The van der Waals surface area contributed by atoms with Gasteiger partial charge in [0.15, 0.2) is 0 Å². The van der Waals surface area contributed by atoms with E-state index < -0.39 is 11.6 Å². The van der Waals surface area contributed by atoms with Crippen molar-refractivity contribution < 1.29 is 14.4 Å². The molecule has 7 heteroatoms. The second-order valence-corrected chi connectivity index (χ2v) is 11.1. The summed E-state index contributed by atoms with van der Waals surface area (Å²) in [5.41, 5.74) is 3.08. The zero-order chi connectivity index (χ0) is 28.8. The minimum absolute atomic E-state index is 0.0866. The minimum Gasteiger partial charge on any atom is -0.341 e. The summed E-state index contributed by atoms with van der Waals surface area (Å²) in [5.74, 6) is -0.379. The molecular formula is C34H40N4O3. The van der Waals surface area contributed by atoms with Gasteiger partial charge in [-0.15, -0.1) is 0 Å². The van der Waals surface area contributed by atoms with Crippen molar-refractivity contribution >= 4 is 23.4 Å². The van der Waals surface area contributed by atoms with Crippen LogP contribution in [0.1, 0.15) is 38.7 Å². The Kier molecular flexibility index (Phi) is 8.84. The molecule has 41 heavy (non-hydrogen) atoms. The van der Waals surface area contributed by atoms with Gasteiger partial charge in [0.2, 0.25) is 17.7 Å². The van der Waals surface area contributed by atoms with E-state index in [9.17, 15) is 14.4 Å². The molecule has 0 radical (unpaired) electrons. The molecule has 0 bridgehead atoms. The van der Waals surface area contributed by atoms with E-state index >= 15 is 0 Å². The Morgan fingerprint density at radius 2 is 1.54 bits per heavy atom. The molecule has 7 nitrogen and oxygen atoms in total. The lowest BCUT2D eigenvalue weighted by molar-refractivity contribution is -0.161. The summed E-state index contributed by atoms with van der Waals surface area (Å²) in [7, 11) is 0. The van der Waals surface area contributed by atoms with E-state index in [-0.39, 0.29) is 24.3 Å². The third kappa shape index (κ3) is 6.05. The number of nitrogens with zero attached hydrogens (tertiary/aromatic N) is 3.